The summed E-state index contributed by atoms with van der Waals surface area (Å²) in [6.07, 6.45) is 7.51. The zero-order chi connectivity index (χ0) is 29.3. The Kier molecular flexibility index (Phi) is 6.43. The van der Waals surface area contributed by atoms with Crippen molar-refractivity contribution in [3.8, 4) is 11.1 Å². The number of hydrogen-bond donors (Lipinski definition) is 0. The maximum atomic E-state index is 5.06. The van der Waals surface area contributed by atoms with Gasteiger partial charge >= 0.3 is 0 Å². The molecule has 8 aromatic rings. The summed E-state index contributed by atoms with van der Waals surface area (Å²) in [5.41, 5.74) is 5.40. The molecule has 2 aromatic heterocycles. The number of pyridine rings is 2. The largest absolute Gasteiger partial charge is 0.255 e. The zero-order valence-electron chi connectivity index (χ0n) is 23.8. The van der Waals surface area contributed by atoms with Crippen LogP contribution in [0.1, 0.15) is 11.4 Å². The van der Waals surface area contributed by atoms with Gasteiger partial charge in [0, 0.05) is 34.3 Å². The van der Waals surface area contributed by atoms with Crippen LogP contribution in [0.3, 0.4) is 0 Å². The number of nitrogens with zero attached hydrogens (tertiary/aromatic N) is 4. The normalized spacial score (nSPS) is 11.9. The maximum absolute atomic E-state index is 5.06. The summed E-state index contributed by atoms with van der Waals surface area (Å²) in [6, 6.07) is 46.0. The molecule has 0 amide bonds. The van der Waals surface area contributed by atoms with E-state index in [1.165, 1.54) is 0 Å². The molecule has 0 radical (unpaired) electrons. The van der Waals surface area contributed by atoms with Crippen LogP contribution in [0.5, 0.6) is 0 Å². The van der Waals surface area contributed by atoms with Crippen molar-refractivity contribution in [2.24, 2.45) is 9.98 Å². The van der Waals surface area contributed by atoms with E-state index in [0.717, 1.165) is 77.0 Å². The number of hydrogen-bond acceptors (Lipinski definition) is 4. The van der Waals surface area contributed by atoms with Gasteiger partial charge in [-0.25, -0.2) is 0 Å². The Morgan fingerprint density at radius 2 is 0.773 bits per heavy atom. The highest BCUT2D eigenvalue weighted by atomic mass is 14.8. The molecule has 0 fully saturated rings. The molecule has 6 aromatic carbocycles. The predicted molar refractivity (Wildman–Crippen MR) is 185 cm³/mol. The maximum Gasteiger partial charge on any atom is 0.0818 e. The molecule has 0 spiro atoms. The highest BCUT2D eigenvalue weighted by molar-refractivity contribution is 6.13. The van der Waals surface area contributed by atoms with E-state index in [-0.39, 0.29) is 0 Å². The van der Waals surface area contributed by atoms with Crippen molar-refractivity contribution in [3.63, 3.8) is 0 Å². The molecule has 44 heavy (non-hydrogen) atoms. The number of benzene rings is 6. The second kappa shape index (κ2) is 11.0. The molecule has 2 heterocycles. The van der Waals surface area contributed by atoms with Crippen molar-refractivity contribution in [3.05, 3.63) is 157 Å². The first-order valence-corrected chi connectivity index (χ1v) is 14.6. The van der Waals surface area contributed by atoms with E-state index >= 15 is 0 Å². The lowest BCUT2D eigenvalue weighted by Crippen LogP contribution is -1.91. The van der Waals surface area contributed by atoms with Crippen LogP contribution in [-0.2, 0) is 0 Å². The third-order valence-corrected chi connectivity index (χ3v) is 8.04. The van der Waals surface area contributed by atoms with E-state index in [1.807, 2.05) is 49.1 Å². The molecule has 0 saturated carbocycles. The van der Waals surface area contributed by atoms with E-state index < -0.39 is 0 Å². The van der Waals surface area contributed by atoms with Gasteiger partial charge in [-0.15, -0.1) is 0 Å². The van der Waals surface area contributed by atoms with Crippen LogP contribution in [0.25, 0.3) is 54.2 Å². The van der Waals surface area contributed by atoms with Crippen LogP contribution in [0.4, 0.5) is 11.4 Å². The smallest absolute Gasteiger partial charge is 0.0818 e. The van der Waals surface area contributed by atoms with Gasteiger partial charge in [0.05, 0.1) is 35.2 Å². The van der Waals surface area contributed by atoms with Crippen LogP contribution >= 0.6 is 0 Å². The quantitative estimate of drug-likeness (QED) is 0.196. The first-order valence-electron chi connectivity index (χ1n) is 14.6. The molecule has 0 aliphatic carbocycles. The third kappa shape index (κ3) is 4.79. The molecule has 4 heteroatoms. The summed E-state index contributed by atoms with van der Waals surface area (Å²) in [6.45, 7) is 0. The molecule has 0 N–H and O–H groups in total. The number of aliphatic imine (C=N–C) groups is 2. The summed E-state index contributed by atoms with van der Waals surface area (Å²) >= 11 is 0. The van der Waals surface area contributed by atoms with Crippen LogP contribution < -0.4 is 0 Å². The van der Waals surface area contributed by atoms with Crippen molar-refractivity contribution < 1.29 is 0 Å². The molecule has 0 aliphatic rings. The fourth-order valence-corrected chi connectivity index (χ4v) is 5.87. The van der Waals surface area contributed by atoms with Gasteiger partial charge in [-0.3, -0.25) is 20.0 Å². The lowest BCUT2D eigenvalue weighted by atomic mass is 9.91. The Balaban J connectivity index is 1.33. The van der Waals surface area contributed by atoms with E-state index in [0.29, 0.717) is 0 Å². The fraction of sp³-hybridized carbons (Fsp3) is 0. The van der Waals surface area contributed by atoms with Gasteiger partial charge in [0.15, 0.2) is 0 Å². The summed E-state index contributed by atoms with van der Waals surface area (Å²) in [4.78, 5) is 19.4. The standard InChI is InChI=1S/C40H26N4/c1-3-13-31-23-41-33(21-29(31)11-1)25-43-37-19-17-27-9-5-7-15-35(27)39(37)40-36-16-8-6-10-28(36)18-20-38(40)44-26-34-22-30-12-2-4-14-32(30)24-42-34/h1-26H. The van der Waals surface area contributed by atoms with Crippen LogP contribution in [-0.4, -0.2) is 22.4 Å². The fourth-order valence-electron chi connectivity index (χ4n) is 5.87. The lowest BCUT2D eigenvalue weighted by Gasteiger charge is -2.16. The Bertz CT molecular complexity index is 2230. The van der Waals surface area contributed by atoms with Crippen LogP contribution in [0, 0.1) is 0 Å². The van der Waals surface area contributed by atoms with Crippen molar-refractivity contribution >= 4 is 66.9 Å². The Hall–Kier alpha value is -6.00. The van der Waals surface area contributed by atoms with Gasteiger partial charge in [0.1, 0.15) is 0 Å². The van der Waals surface area contributed by atoms with E-state index in [4.69, 9.17) is 9.98 Å². The van der Waals surface area contributed by atoms with Crippen molar-refractivity contribution in [2.45, 2.75) is 0 Å². The molecule has 8 rings (SSSR count). The summed E-state index contributed by atoms with van der Waals surface area (Å²) in [7, 11) is 0. The zero-order valence-corrected chi connectivity index (χ0v) is 23.8. The average molecular weight is 563 g/mol. The minimum atomic E-state index is 0.807. The van der Waals surface area contributed by atoms with Crippen molar-refractivity contribution in [2.75, 3.05) is 0 Å². The van der Waals surface area contributed by atoms with E-state index in [1.54, 1.807) is 0 Å². The third-order valence-electron chi connectivity index (χ3n) is 8.04. The Labute approximate surface area is 254 Å². The van der Waals surface area contributed by atoms with Gasteiger partial charge < -0.3 is 0 Å². The first kappa shape index (κ1) is 25.7. The van der Waals surface area contributed by atoms with Gasteiger partial charge in [0.2, 0.25) is 0 Å². The van der Waals surface area contributed by atoms with E-state index in [2.05, 4.69) is 119 Å². The summed E-state index contributed by atoms with van der Waals surface area (Å²) in [5, 5.41) is 9.00. The SMILES string of the molecule is C(=Nc1ccc2ccccc2c1-c1c(N=Cc2cc3ccccc3cn2)ccc2ccccc12)c1cc2ccccc2cn1. The number of rotatable bonds is 5. The second-order valence-electron chi connectivity index (χ2n) is 10.8. The summed E-state index contributed by atoms with van der Waals surface area (Å²) < 4.78 is 0. The van der Waals surface area contributed by atoms with Gasteiger partial charge in [-0.2, -0.15) is 0 Å². The molecule has 0 atom stereocenters. The van der Waals surface area contributed by atoms with Crippen molar-refractivity contribution in [1.29, 1.82) is 0 Å². The van der Waals surface area contributed by atoms with Crippen LogP contribution in [0.15, 0.2) is 156 Å². The van der Waals surface area contributed by atoms with Gasteiger partial charge in [0.25, 0.3) is 0 Å². The van der Waals surface area contributed by atoms with E-state index in [9.17, 15) is 0 Å². The molecular formula is C40H26N4. The summed E-state index contributed by atoms with van der Waals surface area (Å²) in [5.74, 6) is 0. The lowest BCUT2D eigenvalue weighted by molar-refractivity contribution is 1.33. The van der Waals surface area contributed by atoms with Crippen LogP contribution in [0.2, 0.25) is 0 Å². The molecule has 0 saturated heterocycles. The predicted octanol–water partition coefficient (Wildman–Crippen LogP) is 10.3. The van der Waals surface area contributed by atoms with Gasteiger partial charge in [-0.05, 0) is 56.6 Å². The first-order chi connectivity index (χ1) is 21.8. The van der Waals surface area contributed by atoms with Gasteiger partial charge in [-0.1, -0.05) is 109 Å². The molecular weight excluding hydrogens is 536 g/mol. The Morgan fingerprint density at radius 1 is 0.386 bits per heavy atom. The monoisotopic (exact) mass is 562 g/mol. The topological polar surface area (TPSA) is 50.5 Å². The molecule has 206 valence electrons. The molecule has 0 unspecified atom stereocenters. The Morgan fingerprint density at radius 3 is 1.23 bits per heavy atom. The average Bonchev–Trinajstić information content (AvgIpc) is 3.09. The minimum Gasteiger partial charge on any atom is -0.255 e. The van der Waals surface area contributed by atoms with Crippen molar-refractivity contribution in [1.82, 2.24) is 9.97 Å². The second-order valence-corrected chi connectivity index (χ2v) is 10.8. The molecule has 0 bridgehead atoms. The molecule has 4 nitrogen and oxygen atoms in total. The number of fused-ring (bicyclic) bond motifs is 4. The molecule has 0 aliphatic heterocycles. The number of aromatic nitrogens is 2. The minimum absolute atomic E-state index is 0.807. The highest BCUT2D eigenvalue weighted by Crippen LogP contribution is 2.45. The highest BCUT2D eigenvalue weighted by Gasteiger charge is 2.17.